The molecule has 0 spiro atoms. The third kappa shape index (κ3) is 5.62. The van der Waals surface area contributed by atoms with Crippen LogP contribution in [0.1, 0.15) is 34.5 Å². The van der Waals surface area contributed by atoms with Crippen molar-refractivity contribution in [3.63, 3.8) is 0 Å². The minimum absolute atomic E-state index is 0.202. The molecular formula is C25H23F9N4. The fourth-order valence-corrected chi connectivity index (χ4v) is 4.88. The van der Waals surface area contributed by atoms with E-state index < -0.39 is 56.0 Å². The predicted octanol–water partition coefficient (Wildman–Crippen LogP) is 7.54. The largest absolute Gasteiger partial charge is 0.435 e. The first-order valence-corrected chi connectivity index (χ1v) is 11.5. The number of alkyl halides is 9. The van der Waals surface area contributed by atoms with Crippen LogP contribution in [0.3, 0.4) is 0 Å². The van der Waals surface area contributed by atoms with Crippen LogP contribution < -0.4 is 0 Å². The number of hydrogen-bond donors (Lipinski definition) is 0. The molecule has 0 amide bonds. The van der Waals surface area contributed by atoms with Gasteiger partial charge in [0.1, 0.15) is 0 Å². The highest BCUT2D eigenvalue weighted by atomic mass is 19.4. The Morgan fingerprint density at radius 1 is 0.816 bits per heavy atom. The van der Waals surface area contributed by atoms with E-state index in [1.165, 1.54) is 10.6 Å². The zero-order valence-corrected chi connectivity index (χ0v) is 20.5. The summed E-state index contributed by atoms with van der Waals surface area (Å²) in [7, 11) is 0. The van der Waals surface area contributed by atoms with Gasteiger partial charge in [-0.25, -0.2) is 4.98 Å². The van der Waals surface area contributed by atoms with Crippen LogP contribution in [-0.2, 0) is 12.7 Å². The minimum Gasteiger partial charge on any atom is -0.289 e. The van der Waals surface area contributed by atoms with E-state index in [1.54, 1.807) is 32.0 Å². The summed E-state index contributed by atoms with van der Waals surface area (Å²) >= 11 is 0. The van der Waals surface area contributed by atoms with Gasteiger partial charge in [-0.1, -0.05) is 29.8 Å². The number of aryl methyl sites for hydroxylation is 3. The van der Waals surface area contributed by atoms with Crippen LogP contribution in [0, 0.1) is 20.8 Å². The van der Waals surface area contributed by atoms with E-state index in [-0.39, 0.29) is 11.3 Å². The molecule has 4 rings (SSSR count). The third-order valence-electron chi connectivity index (χ3n) is 6.13. The number of hydrogen-bond acceptors (Lipinski definition) is 2. The molecule has 13 heteroatoms. The van der Waals surface area contributed by atoms with E-state index in [0.717, 1.165) is 21.1 Å². The molecule has 0 aliphatic rings. The molecule has 4 nitrogen and oxygen atoms in total. The summed E-state index contributed by atoms with van der Waals surface area (Å²) < 4.78 is 123. The van der Waals surface area contributed by atoms with E-state index in [9.17, 15) is 39.5 Å². The van der Waals surface area contributed by atoms with Crippen molar-refractivity contribution in [2.75, 3.05) is 13.1 Å². The van der Waals surface area contributed by atoms with Crippen LogP contribution in [0.2, 0.25) is 0 Å². The topological polar surface area (TPSA) is 25.5 Å². The zero-order chi connectivity index (χ0) is 28.2. The molecule has 4 aromatic rings. The number of nitrogens with zero attached hydrogens (tertiary/aromatic N) is 4. The summed E-state index contributed by atoms with van der Waals surface area (Å²) in [5.74, 6) is -0.202. The lowest BCUT2D eigenvalue weighted by Crippen LogP contribution is -2.37. The van der Waals surface area contributed by atoms with Crippen LogP contribution in [0.5, 0.6) is 0 Å². The van der Waals surface area contributed by atoms with Crippen molar-refractivity contribution in [1.29, 1.82) is 0 Å². The molecule has 206 valence electrons. The van der Waals surface area contributed by atoms with Crippen molar-refractivity contribution in [3.8, 4) is 5.69 Å². The Labute approximate surface area is 211 Å². The molecule has 0 bridgehead atoms. The van der Waals surface area contributed by atoms with Gasteiger partial charge in [0.2, 0.25) is 5.78 Å². The molecule has 0 fully saturated rings. The van der Waals surface area contributed by atoms with E-state index in [0.29, 0.717) is 16.1 Å². The predicted molar refractivity (Wildman–Crippen MR) is 123 cm³/mol. The summed E-state index contributed by atoms with van der Waals surface area (Å²) in [6.07, 6.45) is -16.4. The van der Waals surface area contributed by atoms with Gasteiger partial charge < -0.3 is 0 Å². The van der Waals surface area contributed by atoms with Crippen molar-refractivity contribution in [3.05, 3.63) is 64.5 Å². The standard InChI is InChI=1S/C25H23F9N4/c1-14-10-15(2)20(16(3)11-14)38-18-7-5-4-6-17(18)37-19(21(25(32,33)34)35-22(37)38)12-36(13-24(29,30)31)9-8-23(26,27)28/h4-7,10-11H,8-9,12-13H2,1-3H3. The molecular weight excluding hydrogens is 527 g/mol. The SMILES string of the molecule is Cc1cc(C)c(-n2c3ccccc3n3c(CN(CCC(F)(F)F)CC(F)(F)F)c(C(F)(F)F)nc23)c(C)c1. The molecule has 0 aliphatic carbocycles. The number of para-hydroxylation sites is 2. The van der Waals surface area contributed by atoms with E-state index in [1.807, 2.05) is 19.1 Å². The number of halogens is 9. The second-order valence-electron chi connectivity index (χ2n) is 9.30. The van der Waals surface area contributed by atoms with Gasteiger partial charge in [-0.3, -0.25) is 13.9 Å². The first-order valence-electron chi connectivity index (χ1n) is 11.5. The fraction of sp³-hybridized carbons (Fsp3) is 0.400. The van der Waals surface area contributed by atoms with Gasteiger partial charge in [0.05, 0.1) is 35.4 Å². The lowest BCUT2D eigenvalue weighted by molar-refractivity contribution is -0.162. The second-order valence-corrected chi connectivity index (χ2v) is 9.30. The van der Waals surface area contributed by atoms with Gasteiger partial charge >= 0.3 is 18.5 Å². The maximum Gasteiger partial charge on any atom is 0.435 e. The Balaban J connectivity index is 2.00. The Hall–Kier alpha value is -3.22. The Kier molecular flexibility index (Phi) is 6.96. The summed E-state index contributed by atoms with van der Waals surface area (Å²) in [5, 5.41) is 0. The molecule has 0 saturated carbocycles. The van der Waals surface area contributed by atoms with Gasteiger partial charge in [0.25, 0.3) is 0 Å². The lowest BCUT2D eigenvalue weighted by Gasteiger charge is -2.24. The fourth-order valence-electron chi connectivity index (χ4n) is 4.88. The van der Waals surface area contributed by atoms with Crippen molar-refractivity contribution < 1.29 is 39.5 Å². The molecule has 0 saturated heterocycles. The molecule has 0 radical (unpaired) electrons. The number of imidazole rings is 2. The van der Waals surface area contributed by atoms with Crippen molar-refractivity contribution in [2.24, 2.45) is 0 Å². The lowest BCUT2D eigenvalue weighted by atomic mass is 10.0. The number of rotatable bonds is 6. The number of benzene rings is 2. The van der Waals surface area contributed by atoms with Gasteiger partial charge in [-0.15, -0.1) is 0 Å². The number of fused-ring (bicyclic) bond motifs is 3. The quantitative estimate of drug-likeness (QED) is 0.232. The molecule has 2 aromatic carbocycles. The molecule has 0 aliphatic heterocycles. The molecule has 2 heterocycles. The van der Waals surface area contributed by atoms with Gasteiger partial charge in [0, 0.05) is 13.1 Å². The second kappa shape index (κ2) is 9.51. The monoisotopic (exact) mass is 550 g/mol. The van der Waals surface area contributed by atoms with E-state index >= 15 is 0 Å². The Morgan fingerprint density at radius 2 is 1.39 bits per heavy atom. The maximum absolute atomic E-state index is 14.2. The maximum atomic E-state index is 14.2. The van der Waals surface area contributed by atoms with Gasteiger partial charge in [-0.05, 0) is 44.0 Å². The minimum atomic E-state index is -5.07. The molecule has 0 atom stereocenters. The summed E-state index contributed by atoms with van der Waals surface area (Å²) in [5.41, 5.74) is 1.48. The Bertz CT molecular complexity index is 1450. The van der Waals surface area contributed by atoms with E-state index in [4.69, 9.17) is 0 Å². The third-order valence-corrected chi connectivity index (χ3v) is 6.13. The number of aromatic nitrogens is 3. The highest BCUT2D eigenvalue weighted by Gasteiger charge is 2.41. The van der Waals surface area contributed by atoms with Crippen molar-refractivity contribution in [1.82, 2.24) is 18.9 Å². The van der Waals surface area contributed by atoms with Gasteiger partial charge in [0.15, 0.2) is 5.69 Å². The molecule has 0 unspecified atom stereocenters. The summed E-state index contributed by atoms with van der Waals surface area (Å²) in [6, 6.07) is 10.0. The normalized spacial score (nSPS) is 13.4. The summed E-state index contributed by atoms with van der Waals surface area (Å²) in [6.45, 7) is 1.41. The first-order chi connectivity index (χ1) is 17.5. The summed E-state index contributed by atoms with van der Waals surface area (Å²) in [4.78, 5) is 4.15. The average Bonchev–Trinajstić information content (AvgIpc) is 3.26. The van der Waals surface area contributed by atoms with Crippen LogP contribution in [0.25, 0.3) is 22.5 Å². The highest BCUT2D eigenvalue weighted by molar-refractivity contribution is 5.85. The van der Waals surface area contributed by atoms with Crippen molar-refractivity contribution in [2.45, 2.75) is 52.3 Å². The molecule has 0 N–H and O–H groups in total. The van der Waals surface area contributed by atoms with Crippen LogP contribution in [0.4, 0.5) is 39.5 Å². The molecule has 2 aromatic heterocycles. The van der Waals surface area contributed by atoms with E-state index in [2.05, 4.69) is 4.98 Å². The smallest absolute Gasteiger partial charge is 0.289 e. The Morgan fingerprint density at radius 3 is 1.92 bits per heavy atom. The van der Waals surface area contributed by atoms with Crippen LogP contribution >= 0.6 is 0 Å². The van der Waals surface area contributed by atoms with Crippen LogP contribution in [0.15, 0.2) is 36.4 Å². The van der Waals surface area contributed by atoms with Gasteiger partial charge in [-0.2, -0.15) is 39.5 Å². The highest BCUT2D eigenvalue weighted by Crippen LogP contribution is 2.38. The average molecular weight is 550 g/mol. The van der Waals surface area contributed by atoms with Crippen LogP contribution in [-0.4, -0.2) is 44.3 Å². The van der Waals surface area contributed by atoms with Crippen molar-refractivity contribution >= 4 is 16.8 Å². The molecule has 38 heavy (non-hydrogen) atoms. The zero-order valence-electron chi connectivity index (χ0n) is 20.5. The first kappa shape index (κ1) is 27.8.